The van der Waals surface area contributed by atoms with Crippen molar-refractivity contribution in [1.29, 1.82) is 0 Å². The van der Waals surface area contributed by atoms with Crippen LogP contribution in [0.1, 0.15) is 43.9 Å². The van der Waals surface area contributed by atoms with Gasteiger partial charge in [-0.15, -0.1) is 0 Å². The van der Waals surface area contributed by atoms with Crippen LogP contribution < -0.4 is 5.73 Å². The second-order valence-corrected chi connectivity index (χ2v) is 5.85. The zero-order valence-electron chi connectivity index (χ0n) is 11.9. The molecule has 2 unspecified atom stereocenters. The zero-order chi connectivity index (χ0) is 13.1. The van der Waals surface area contributed by atoms with E-state index in [-0.39, 0.29) is 0 Å². The van der Waals surface area contributed by atoms with E-state index in [1.807, 2.05) is 0 Å². The standard InChI is InChI=1S/C16H26N2/c1-12(2)15-5-4-10-18(15)16(11-17)14-8-6-13(3)7-9-14/h6-9,12,15-16H,4-5,10-11,17H2,1-3H3. The first-order valence-corrected chi connectivity index (χ1v) is 7.16. The molecule has 2 atom stereocenters. The molecule has 0 aliphatic carbocycles. The lowest BCUT2D eigenvalue weighted by atomic mass is 9.98. The van der Waals surface area contributed by atoms with E-state index >= 15 is 0 Å². The van der Waals surface area contributed by atoms with E-state index in [0.29, 0.717) is 24.5 Å². The van der Waals surface area contributed by atoms with Gasteiger partial charge in [0.05, 0.1) is 0 Å². The van der Waals surface area contributed by atoms with E-state index in [1.165, 1.54) is 30.5 Å². The first-order chi connectivity index (χ1) is 8.63. The summed E-state index contributed by atoms with van der Waals surface area (Å²) in [5.41, 5.74) is 8.73. The van der Waals surface area contributed by atoms with Crippen LogP contribution in [0.4, 0.5) is 0 Å². The minimum atomic E-state index is 0.389. The average Bonchev–Trinajstić information content (AvgIpc) is 2.82. The van der Waals surface area contributed by atoms with Gasteiger partial charge in [0.15, 0.2) is 0 Å². The molecule has 2 rings (SSSR count). The maximum Gasteiger partial charge on any atom is 0.0473 e. The summed E-state index contributed by atoms with van der Waals surface area (Å²) in [5, 5.41) is 0. The highest BCUT2D eigenvalue weighted by Gasteiger charge is 2.32. The second-order valence-electron chi connectivity index (χ2n) is 5.85. The maximum absolute atomic E-state index is 6.04. The van der Waals surface area contributed by atoms with Crippen molar-refractivity contribution in [2.75, 3.05) is 13.1 Å². The lowest BCUT2D eigenvalue weighted by molar-refractivity contribution is 0.149. The lowest BCUT2D eigenvalue weighted by Gasteiger charge is -2.34. The summed E-state index contributed by atoms with van der Waals surface area (Å²) < 4.78 is 0. The van der Waals surface area contributed by atoms with Crippen molar-refractivity contribution in [2.24, 2.45) is 11.7 Å². The molecule has 1 aromatic rings. The molecule has 1 heterocycles. The van der Waals surface area contributed by atoms with Gasteiger partial charge in [0.2, 0.25) is 0 Å². The molecule has 1 fully saturated rings. The topological polar surface area (TPSA) is 29.3 Å². The summed E-state index contributed by atoms with van der Waals surface area (Å²) in [4.78, 5) is 2.62. The first-order valence-electron chi connectivity index (χ1n) is 7.16. The minimum Gasteiger partial charge on any atom is -0.329 e. The Morgan fingerprint density at radius 3 is 2.50 bits per heavy atom. The van der Waals surface area contributed by atoms with E-state index < -0.39 is 0 Å². The zero-order valence-corrected chi connectivity index (χ0v) is 11.9. The fraction of sp³-hybridized carbons (Fsp3) is 0.625. The molecule has 100 valence electrons. The largest absolute Gasteiger partial charge is 0.329 e. The van der Waals surface area contributed by atoms with E-state index in [2.05, 4.69) is 49.9 Å². The Bertz CT molecular complexity index is 369. The summed E-state index contributed by atoms with van der Waals surface area (Å²) in [6.07, 6.45) is 2.63. The molecule has 18 heavy (non-hydrogen) atoms. The van der Waals surface area contributed by atoms with Crippen molar-refractivity contribution in [3.8, 4) is 0 Å². The van der Waals surface area contributed by atoms with Crippen LogP contribution in [0.3, 0.4) is 0 Å². The van der Waals surface area contributed by atoms with Crippen molar-refractivity contribution < 1.29 is 0 Å². The Kier molecular flexibility index (Phi) is 4.41. The van der Waals surface area contributed by atoms with Crippen molar-refractivity contribution in [3.63, 3.8) is 0 Å². The predicted molar refractivity (Wildman–Crippen MR) is 77.5 cm³/mol. The fourth-order valence-corrected chi connectivity index (χ4v) is 3.17. The Hall–Kier alpha value is -0.860. The summed E-state index contributed by atoms with van der Waals surface area (Å²) in [6.45, 7) is 8.69. The first kappa shape index (κ1) is 13.6. The van der Waals surface area contributed by atoms with Gasteiger partial charge in [-0.05, 0) is 37.8 Å². The summed E-state index contributed by atoms with van der Waals surface area (Å²) >= 11 is 0. The van der Waals surface area contributed by atoms with Gasteiger partial charge in [0.25, 0.3) is 0 Å². The number of rotatable bonds is 4. The number of likely N-dealkylation sites (tertiary alicyclic amines) is 1. The molecule has 1 saturated heterocycles. The second kappa shape index (κ2) is 5.85. The van der Waals surface area contributed by atoms with Gasteiger partial charge < -0.3 is 5.73 Å². The number of hydrogen-bond donors (Lipinski definition) is 1. The predicted octanol–water partition coefficient (Wildman–Crippen LogP) is 3.12. The van der Waals surface area contributed by atoms with Crippen LogP contribution in [-0.4, -0.2) is 24.0 Å². The SMILES string of the molecule is Cc1ccc(C(CN)N2CCCC2C(C)C)cc1. The van der Waals surface area contributed by atoms with E-state index in [4.69, 9.17) is 5.73 Å². The Morgan fingerprint density at radius 2 is 1.94 bits per heavy atom. The number of nitrogens with zero attached hydrogens (tertiary/aromatic N) is 1. The highest BCUT2D eigenvalue weighted by Crippen LogP contribution is 2.32. The quantitative estimate of drug-likeness (QED) is 0.884. The molecule has 1 aliphatic rings. The normalized spacial score (nSPS) is 22.6. The third-order valence-electron chi connectivity index (χ3n) is 4.20. The van der Waals surface area contributed by atoms with E-state index in [1.54, 1.807) is 0 Å². The molecule has 2 nitrogen and oxygen atoms in total. The van der Waals surface area contributed by atoms with Crippen molar-refractivity contribution in [1.82, 2.24) is 4.90 Å². The summed E-state index contributed by atoms with van der Waals surface area (Å²) in [7, 11) is 0. The van der Waals surface area contributed by atoms with Crippen LogP contribution in [-0.2, 0) is 0 Å². The van der Waals surface area contributed by atoms with E-state index in [9.17, 15) is 0 Å². The lowest BCUT2D eigenvalue weighted by Crippen LogP contribution is -2.39. The molecular weight excluding hydrogens is 220 g/mol. The molecule has 0 radical (unpaired) electrons. The Balaban J connectivity index is 2.20. The average molecular weight is 246 g/mol. The molecule has 0 saturated carbocycles. The third-order valence-corrected chi connectivity index (χ3v) is 4.20. The molecule has 2 heteroatoms. The molecule has 0 amide bonds. The van der Waals surface area contributed by atoms with Crippen molar-refractivity contribution in [3.05, 3.63) is 35.4 Å². The van der Waals surface area contributed by atoms with Crippen molar-refractivity contribution >= 4 is 0 Å². The number of hydrogen-bond acceptors (Lipinski definition) is 2. The molecule has 0 spiro atoms. The van der Waals surface area contributed by atoms with Crippen LogP contribution >= 0.6 is 0 Å². The van der Waals surface area contributed by atoms with Gasteiger partial charge in [-0.2, -0.15) is 0 Å². The highest BCUT2D eigenvalue weighted by atomic mass is 15.2. The smallest absolute Gasteiger partial charge is 0.0473 e. The van der Waals surface area contributed by atoms with Crippen LogP contribution in [0.5, 0.6) is 0 Å². The molecule has 1 aliphatic heterocycles. The summed E-state index contributed by atoms with van der Waals surface area (Å²) in [6, 6.07) is 9.95. The molecular formula is C16H26N2. The molecule has 2 N–H and O–H groups in total. The number of benzene rings is 1. The number of nitrogens with two attached hydrogens (primary N) is 1. The maximum atomic E-state index is 6.04. The Labute approximate surface area is 111 Å². The van der Waals surface area contributed by atoms with Crippen molar-refractivity contribution in [2.45, 2.75) is 45.7 Å². The highest BCUT2D eigenvalue weighted by molar-refractivity contribution is 5.25. The van der Waals surface area contributed by atoms with Gasteiger partial charge >= 0.3 is 0 Å². The van der Waals surface area contributed by atoms with E-state index in [0.717, 1.165) is 0 Å². The van der Waals surface area contributed by atoms with Gasteiger partial charge in [-0.3, -0.25) is 4.90 Å². The fourth-order valence-electron chi connectivity index (χ4n) is 3.17. The number of aryl methyl sites for hydroxylation is 1. The van der Waals surface area contributed by atoms with Crippen LogP contribution in [0.25, 0.3) is 0 Å². The van der Waals surface area contributed by atoms with Gasteiger partial charge in [-0.1, -0.05) is 43.7 Å². The summed E-state index contributed by atoms with van der Waals surface area (Å²) in [5.74, 6) is 0.715. The minimum absolute atomic E-state index is 0.389. The van der Waals surface area contributed by atoms with Crippen LogP contribution in [0.15, 0.2) is 24.3 Å². The van der Waals surface area contributed by atoms with Crippen LogP contribution in [0, 0.1) is 12.8 Å². The monoisotopic (exact) mass is 246 g/mol. The third kappa shape index (κ3) is 2.76. The Morgan fingerprint density at radius 1 is 1.28 bits per heavy atom. The molecule has 0 aromatic heterocycles. The molecule has 0 bridgehead atoms. The molecule has 1 aromatic carbocycles. The van der Waals surface area contributed by atoms with Gasteiger partial charge in [0.1, 0.15) is 0 Å². The van der Waals surface area contributed by atoms with Crippen LogP contribution in [0.2, 0.25) is 0 Å². The van der Waals surface area contributed by atoms with Gasteiger partial charge in [-0.25, -0.2) is 0 Å². The van der Waals surface area contributed by atoms with Gasteiger partial charge in [0, 0.05) is 18.6 Å².